The van der Waals surface area contributed by atoms with Gasteiger partial charge in [-0.1, -0.05) is 36.4 Å². The predicted molar refractivity (Wildman–Crippen MR) is 109 cm³/mol. The molecule has 1 aliphatic heterocycles. The molecule has 0 N–H and O–H groups in total. The van der Waals surface area contributed by atoms with Crippen LogP contribution in [0.5, 0.6) is 0 Å². The van der Waals surface area contributed by atoms with Gasteiger partial charge in [-0.2, -0.15) is 10.1 Å². The number of imide groups is 1. The van der Waals surface area contributed by atoms with Crippen LogP contribution < -0.4 is 0 Å². The van der Waals surface area contributed by atoms with E-state index in [0.29, 0.717) is 6.54 Å². The Morgan fingerprint density at radius 2 is 1.75 bits per heavy atom. The third-order valence-corrected chi connectivity index (χ3v) is 6.63. The van der Waals surface area contributed by atoms with Gasteiger partial charge >= 0.3 is 0 Å². The largest absolute Gasteiger partial charge is 0.340 e. The van der Waals surface area contributed by atoms with Crippen LogP contribution in [0, 0.1) is 30.6 Å². The van der Waals surface area contributed by atoms with E-state index in [2.05, 4.69) is 34.5 Å². The van der Waals surface area contributed by atoms with Gasteiger partial charge in [-0.05, 0) is 37.7 Å². The van der Waals surface area contributed by atoms with Crippen LogP contribution in [0.3, 0.4) is 0 Å². The molecule has 6 rings (SSSR count). The van der Waals surface area contributed by atoms with E-state index < -0.39 is 0 Å². The first kappa shape index (κ1) is 17.2. The monoisotopic (exact) mass is 373 g/mol. The van der Waals surface area contributed by atoms with Crippen molar-refractivity contribution in [2.45, 2.75) is 26.3 Å². The summed E-state index contributed by atoms with van der Waals surface area (Å²) in [5.74, 6) is -0.366. The first-order valence-corrected chi connectivity index (χ1v) is 9.90. The molecular weight excluding hydrogens is 350 g/mol. The van der Waals surface area contributed by atoms with E-state index in [1.807, 2.05) is 31.2 Å². The Balaban J connectivity index is 1.52. The highest BCUT2D eigenvalue weighted by Gasteiger charge is 2.56. The van der Waals surface area contributed by atoms with Gasteiger partial charge in [0, 0.05) is 28.7 Å². The van der Waals surface area contributed by atoms with E-state index in [4.69, 9.17) is 0 Å². The summed E-state index contributed by atoms with van der Waals surface area (Å²) >= 11 is 0. The molecule has 28 heavy (non-hydrogen) atoms. The molecule has 1 saturated carbocycles. The number of amides is 2. The molecule has 2 bridgehead atoms. The maximum atomic E-state index is 13.0. The van der Waals surface area contributed by atoms with Gasteiger partial charge in [0.15, 0.2) is 0 Å². The first-order chi connectivity index (χ1) is 13.6. The maximum Gasteiger partial charge on any atom is 0.254 e. The number of hydrogen-bond donors (Lipinski definition) is 0. The van der Waals surface area contributed by atoms with Crippen molar-refractivity contribution in [3.05, 3.63) is 60.3 Å². The molecule has 4 aliphatic rings. The normalized spacial score (nSPS) is 28.7. The summed E-state index contributed by atoms with van der Waals surface area (Å²) in [6.07, 6.45) is 9.78. The Hall–Kier alpha value is -2.95. The molecule has 2 fully saturated rings. The van der Waals surface area contributed by atoms with Gasteiger partial charge in [0.1, 0.15) is 0 Å². The van der Waals surface area contributed by atoms with E-state index >= 15 is 0 Å². The van der Waals surface area contributed by atoms with Crippen LogP contribution in [-0.2, 0) is 16.1 Å². The van der Waals surface area contributed by atoms with E-state index in [1.165, 1.54) is 0 Å². The lowest BCUT2D eigenvalue weighted by Crippen LogP contribution is -2.38. The number of allylic oxidation sites excluding steroid dienone is 3. The first-order valence-electron chi connectivity index (χ1n) is 9.90. The zero-order chi connectivity index (χ0) is 19.4. The number of hydrogen-bond acceptors (Lipinski definition) is 3. The minimum absolute atomic E-state index is 0.141. The number of aromatic nitrogens is 1. The van der Waals surface area contributed by atoms with Gasteiger partial charge < -0.3 is 4.57 Å². The van der Waals surface area contributed by atoms with Crippen molar-refractivity contribution in [2.24, 2.45) is 28.8 Å². The molecule has 1 aromatic carbocycles. The predicted octanol–water partition coefficient (Wildman–Crippen LogP) is 3.67. The lowest BCUT2D eigenvalue weighted by molar-refractivity contribution is -0.140. The fourth-order valence-electron chi connectivity index (χ4n) is 5.27. The van der Waals surface area contributed by atoms with Crippen LogP contribution in [0.1, 0.15) is 24.1 Å². The molecular formula is C23H23N3O2. The highest BCUT2D eigenvalue weighted by molar-refractivity contribution is 6.07. The average molecular weight is 373 g/mol. The lowest BCUT2D eigenvalue weighted by Gasteiger charge is -2.37. The van der Waals surface area contributed by atoms with Crippen LogP contribution in [0.2, 0.25) is 0 Å². The highest BCUT2D eigenvalue weighted by Crippen LogP contribution is 2.49. The van der Waals surface area contributed by atoms with Crippen LogP contribution in [0.25, 0.3) is 10.9 Å². The minimum atomic E-state index is -0.225. The number of para-hydroxylation sites is 1. The fraction of sp³-hybridized carbons (Fsp3) is 0.348. The molecule has 142 valence electrons. The van der Waals surface area contributed by atoms with Gasteiger partial charge in [-0.25, -0.2) is 0 Å². The standard InChI is InChI=1S/C23H23N3O2/c1-3-12-25-14(2)18(17-6-4-5-7-19(17)25)13-24-26-22(27)20-15-8-9-16(11-10-15)21(20)23(26)28/h3-9,13,15-16,20-21H,1,10-12H2,2H3/b24-13-/t15-,16-,20-,21-/m0/s1. The van der Waals surface area contributed by atoms with Crippen molar-refractivity contribution in [2.75, 3.05) is 0 Å². The van der Waals surface area contributed by atoms with Gasteiger partial charge in [0.05, 0.1) is 18.1 Å². The van der Waals surface area contributed by atoms with Gasteiger partial charge in [0.25, 0.3) is 11.8 Å². The van der Waals surface area contributed by atoms with Gasteiger partial charge in [-0.3, -0.25) is 9.59 Å². The number of nitrogens with zero attached hydrogens (tertiary/aromatic N) is 3. The number of carbonyl (C=O) groups is 2. The number of hydrazone groups is 1. The number of fused-ring (bicyclic) bond motifs is 2. The third-order valence-electron chi connectivity index (χ3n) is 6.63. The van der Waals surface area contributed by atoms with Crippen LogP contribution in [0.4, 0.5) is 0 Å². The summed E-state index contributed by atoms with van der Waals surface area (Å²) in [6.45, 7) is 6.57. The van der Waals surface area contributed by atoms with Crippen molar-refractivity contribution in [1.82, 2.24) is 9.58 Å². The molecule has 2 aromatic rings. The summed E-state index contributed by atoms with van der Waals surface area (Å²) in [5, 5.41) is 6.59. The van der Waals surface area contributed by atoms with Crippen molar-refractivity contribution in [3.8, 4) is 0 Å². The molecule has 0 unspecified atom stereocenters. The van der Waals surface area contributed by atoms with E-state index in [1.54, 1.807) is 6.21 Å². The average Bonchev–Trinajstić information content (AvgIpc) is 3.15. The van der Waals surface area contributed by atoms with Crippen LogP contribution in [0.15, 0.2) is 54.2 Å². The van der Waals surface area contributed by atoms with Crippen molar-refractivity contribution < 1.29 is 9.59 Å². The SMILES string of the molecule is C=CCn1c(C)c(/C=N\N2C(=O)[C@@H]3[C@@H](C2=O)[C@H]2C=C[C@H]3CC2)c2ccccc21. The van der Waals surface area contributed by atoms with Crippen LogP contribution in [-0.4, -0.2) is 27.6 Å². The highest BCUT2D eigenvalue weighted by atomic mass is 16.2. The second kappa shape index (κ2) is 6.30. The smallest absolute Gasteiger partial charge is 0.254 e. The Bertz CT molecular complexity index is 1030. The molecule has 4 atom stereocenters. The lowest BCUT2D eigenvalue weighted by atomic mass is 9.63. The van der Waals surface area contributed by atoms with E-state index in [-0.39, 0.29) is 35.5 Å². The molecule has 2 heterocycles. The summed E-state index contributed by atoms with van der Waals surface area (Å²) in [6, 6.07) is 8.10. The Kier molecular flexibility index (Phi) is 3.86. The zero-order valence-electron chi connectivity index (χ0n) is 15.9. The van der Waals surface area contributed by atoms with Gasteiger partial charge in [-0.15, -0.1) is 6.58 Å². The van der Waals surface area contributed by atoms with Crippen molar-refractivity contribution in [3.63, 3.8) is 0 Å². The summed E-state index contributed by atoms with van der Waals surface area (Å²) in [4.78, 5) is 25.9. The Morgan fingerprint density at radius 1 is 1.11 bits per heavy atom. The topological polar surface area (TPSA) is 54.7 Å². The molecule has 0 radical (unpaired) electrons. The fourth-order valence-corrected chi connectivity index (χ4v) is 5.27. The molecule has 0 spiro atoms. The Labute approximate surface area is 164 Å². The molecule has 1 saturated heterocycles. The van der Waals surface area contributed by atoms with E-state index in [0.717, 1.165) is 40.0 Å². The summed E-state index contributed by atoms with van der Waals surface area (Å²) < 4.78 is 2.17. The Morgan fingerprint density at radius 3 is 2.36 bits per heavy atom. The quantitative estimate of drug-likeness (QED) is 0.466. The number of benzene rings is 1. The molecule has 1 aromatic heterocycles. The molecule has 3 aliphatic carbocycles. The van der Waals surface area contributed by atoms with Crippen LogP contribution >= 0.6 is 0 Å². The minimum Gasteiger partial charge on any atom is -0.340 e. The van der Waals surface area contributed by atoms with E-state index in [9.17, 15) is 9.59 Å². The summed E-state index contributed by atoms with van der Waals surface area (Å²) in [5.41, 5.74) is 3.08. The second-order valence-electron chi connectivity index (χ2n) is 7.99. The maximum absolute atomic E-state index is 13.0. The summed E-state index contributed by atoms with van der Waals surface area (Å²) in [7, 11) is 0. The zero-order valence-corrected chi connectivity index (χ0v) is 15.9. The number of rotatable bonds is 4. The van der Waals surface area contributed by atoms with Crippen molar-refractivity contribution in [1.29, 1.82) is 0 Å². The molecule has 5 heteroatoms. The van der Waals surface area contributed by atoms with Crippen molar-refractivity contribution >= 4 is 28.9 Å². The third kappa shape index (κ3) is 2.28. The molecule has 2 amide bonds. The molecule has 5 nitrogen and oxygen atoms in total. The van der Waals surface area contributed by atoms with Gasteiger partial charge in [0.2, 0.25) is 0 Å². The second-order valence-corrected chi connectivity index (χ2v) is 7.99. The number of carbonyl (C=O) groups excluding carboxylic acids is 2.